The van der Waals surface area contributed by atoms with Gasteiger partial charge in [-0.05, 0) is 64.0 Å². The molecule has 1 saturated carbocycles. The topological polar surface area (TPSA) is 15.3 Å². The van der Waals surface area contributed by atoms with Crippen molar-refractivity contribution in [3.63, 3.8) is 0 Å². The predicted molar refractivity (Wildman–Crippen MR) is 88.1 cm³/mol. The molecule has 20 heavy (non-hydrogen) atoms. The van der Waals surface area contributed by atoms with Crippen LogP contribution in [0.4, 0.5) is 0 Å². The van der Waals surface area contributed by atoms with Crippen molar-refractivity contribution >= 4 is 0 Å². The standard InChI is InChI=1S/C18H36N2/c1-4-11-19-18(17-8-6-5-7-9-17)14-20-12-10-15(2)13-16(20)3/h15-19H,4-14H2,1-3H3. The molecule has 0 aromatic rings. The van der Waals surface area contributed by atoms with Gasteiger partial charge in [0.1, 0.15) is 0 Å². The maximum absolute atomic E-state index is 3.88. The summed E-state index contributed by atoms with van der Waals surface area (Å²) in [6.45, 7) is 10.9. The summed E-state index contributed by atoms with van der Waals surface area (Å²) in [7, 11) is 0. The zero-order valence-electron chi connectivity index (χ0n) is 14.0. The van der Waals surface area contributed by atoms with Crippen LogP contribution in [0.2, 0.25) is 0 Å². The van der Waals surface area contributed by atoms with Gasteiger partial charge in [0.05, 0.1) is 0 Å². The van der Waals surface area contributed by atoms with Crippen LogP contribution in [0.25, 0.3) is 0 Å². The van der Waals surface area contributed by atoms with Crippen LogP contribution in [0.15, 0.2) is 0 Å². The second kappa shape index (κ2) is 8.38. The van der Waals surface area contributed by atoms with Gasteiger partial charge in [-0.1, -0.05) is 33.1 Å². The average molecular weight is 281 g/mol. The molecule has 2 aliphatic rings. The van der Waals surface area contributed by atoms with Crippen molar-refractivity contribution in [2.75, 3.05) is 19.6 Å². The molecule has 2 nitrogen and oxygen atoms in total. The van der Waals surface area contributed by atoms with Gasteiger partial charge < -0.3 is 5.32 Å². The lowest BCUT2D eigenvalue weighted by Crippen LogP contribution is -2.51. The fraction of sp³-hybridized carbons (Fsp3) is 1.00. The number of hydrogen-bond donors (Lipinski definition) is 1. The molecule has 118 valence electrons. The van der Waals surface area contributed by atoms with E-state index in [1.807, 2.05) is 0 Å². The van der Waals surface area contributed by atoms with Crippen molar-refractivity contribution in [1.82, 2.24) is 10.2 Å². The maximum Gasteiger partial charge on any atom is 0.0223 e. The minimum atomic E-state index is 0.742. The zero-order valence-corrected chi connectivity index (χ0v) is 14.0. The van der Waals surface area contributed by atoms with Crippen molar-refractivity contribution < 1.29 is 0 Å². The van der Waals surface area contributed by atoms with Gasteiger partial charge in [0, 0.05) is 18.6 Å². The van der Waals surface area contributed by atoms with E-state index in [9.17, 15) is 0 Å². The molecule has 0 amide bonds. The van der Waals surface area contributed by atoms with E-state index in [2.05, 4.69) is 31.0 Å². The van der Waals surface area contributed by atoms with Gasteiger partial charge in [-0.2, -0.15) is 0 Å². The summed E-state index contributed by atoms with van der Waals surface area (Å²) in [6, 6.07) is 1.53. The van der Waals surface area contributed by atoms with Gasteiger partial charge in [0.25, 0.3) is 0 Å². The number of piperidine rings is 1. The lowest BCUT2D eigenvalue weighted by molar-refractivity contribution is 0.0983. The molecule has 2 fully saturated rings. The third-order valence-corrected chi connectivity index (χ3v) is 5.58. The van der Waals surface area contributed by atoms with Crippen LogP contribution in [0.5, 0.6) is 0 Å². The molecule has 1 N–H and O–H groups in total. The Balaban J connectivity index is 1.88. The van der Waals surface area contributed by atoms with Crippen molar-refractivity contribution in [3.05, 3.63) is 0 Å². The van der Waals surface area contributed by atoms with Crippen molar-refractivity contribution in [2.24, 2.45) is 11.8 Å². The fourth-order valence-corrected chi connectivity index (χ4v) is 4.23. The molecule has 1 saturated heterocycles. The van der Waals surface area contributed by atoms with E-state index in [-0.39, 0.29) is 0 Å². The van der Waals surface area contributed by atoms with E-state index in [1.54, 1.807) is 0 Å². The minimum Gasteiger partial charge on any atom is -0.312 e. The predicted octanol–water partition coefficient (Wildman–Crippen LogP) is 4.06. The second-order valence-corrected chi connectivity index (χ2v) is 7.43. The van der Waals surface area contributed by atoms with E-state index < -0.39 is 0 Å². The van der Waals surface area contributed by atoms with Gasteiger partial charge in [-0.15, -0.1) is 0 Å². The molecular weight excluding hydrogens is 244 g/mol. The molecule has 1 heterocycles. The Labute approximate surface area is 126 Å². The van der Waals surface area contributed by atoms with Gasteiger partial charge in [-0.25, -0.2) is 0 Å². The first-order valence-corrected chi connectivity index (χ1v) is 9.18. The maximum atomic E-state index is 3.88. The van der Waals surface area contributed by atoms with E-state index in [0.29, 0.717) is 0 Å². The Bertz CT molecular complexity index is 260. The highest BCUT2D eigenvalue weighted by molar-refractivity contribution is 4.86. The third-order valence-electron chi connectivity index (χ3n) is 5.58. The third kappa shape index (κ3) is 4.73. The van der Waals surface area contributed by atoms with E-state index in [0.717, 1.165) is 23.9 Å². The Morgan fingerprint density at radius 3 is 2.50 bits per heavy atom. The summed E-state index contributed by atoms with van der Waals surface area (Å²) in [6.07, 6.45) is 11.4. The lowest BCUT2D eigenvalue weighted by Gasteiger charge is -2.41. The van der Waals surface area contributed by atoms with Crippen molar-refractivity contribution in [3.8, 4) is 0 Å². The first-order chi connectivity index (χ1) is 9.70. The number of hydrogen-bond acceptors (Lipinski definition) is 2. The molecule has 0 bridgehead atoms. The first-order valence-electron chi connectivity index (χ1n) is 9.18. The van der Waals surface area contributed by atoms with Crippen LogP contribution in [0.3, 0.4) is 0 Å². The van der Waals surface area contributed by atoms with Crippen molar-refractivity contribution in [2.45, 2.75) is 84.2 Å². The molecule has 2 heteroatoms. The van der Waals surface area contributed by atoms with E-state index in [4.69, 9.17) is 0 Å². The number of rotatable bonds is 6. The van der Waals surface area contributed by atoms with Gasteiger partial charge in [0.15, 0.2) is 0 Å². The smallest absolute Gasteiger partial charge is 0.0223 e. The van der Waals surface area contributed by atoms with Crippen LogP contribution in [0, 0.1) is 11.8 Å². The molecule has 0 radical (unpaired) electrons. The highest BCUT2D eigenvalue weighted by Gasteiger charge is 2.29. The Hall–Kier alpha value is -0.0800. The highest BCUT2D eigenvalue weighted by atomic mass is 15.2. The van der Waals surface area contributed by atoms with Crippen LogP contribution >= 0.6 is 0 Å². The zero-order chi connectivity index (χ0) is 14.4. The normalized spacial score (nSPS) is 31.4. The van der Waals surface area contributed by atoms with Crippen molar-refractivity contribution in [1.29, 1.82) is 0 Å². The largest absolute Gasteiger partial charge is 0.312 e. The van der Waals surface area contributed by atoms with Crippen LogP contribution in [-0.2, 0) is 0 Å². The first kappa shape index (κ1) is 16.3. The molecule has 2 rings (SSSR count). The molecule has 3 unspecified atom stereocenters. The minimum absolute atomic E-state index is 0.742. The van der Waals surface area contributed by atoms with E-state index in [1.165, 1.54) is 71.0 Å². The van der Waals surface area contributed by atoms with Gasteiger partial charge in [-0.3, -0.25) is 4.90 Å². The number of nitrogens with zero attached hydrogens (tertiary/aromatic N) is 1. The summed E-state index contributed by atoms with van der Waals surface area (Å²) in [5, 5.41) is 3.88. The molecule has 0 aromatic heterocycles. The fourth-order valence-electron chi connectivity index (χ4n) is 4.23. The summed E-state index contributed by atoms with van der Waals surface area (Å²) < 4.78 is 0. The molecular formula is C18H36N2. The SMILES string of the molecule is CCCNC(CN1CCC(C)CC1C)C1CCCCC1. The number of likely N-dealkylation sites (tertiary alicyclic amines) is 1. The summed E-state index contributed by atoms with van der Waals surface area (Å²) in [5.74, 6) is 1.86. The molecule has 3 atom stereocenters. The summed E-state index contributed by atoms with van der Waals surface area (Å²) in [5.41, 5.74) is 0. The van der Waals surface area contributed by atoms with Gasteiger partial charge in [0.2, 0.25) is 0 Å². The Morgan fingerprint density at radius 1 is 1.10 bits per heavy atom. The monoisotopic (exact) mass is 280 g/mol. The average Bonchev–Trinajstić information content (AvgIpc) is 2.46. The van der Waals surface area contributed by atoms with Crippen LogP contribution < -0.4 is 5.32 Å². The molecule has 0 aromatic carbocycles. The van der Waals surface area contributed by atoms with Gasteiger partial charge >= 0.3 is 0 Å². The number of nitrogens with one attached hydrogen (secondary N) is 1. The quantitative estimate of drug-likeness (QED) is 0.789. The summed E-state index contributed by atoms with van der Waals surface area (Å²) in [4.78, 5) is 2.77. The molecule has 1 aliphatic carbocycles. The highest BCUT2D eigenvalue weighted by Crippen LogP contribution is 2.29. The van der Waals surface area contributed by atoms with Crippen LogP contribution in [-0.4, -0.2) is 36.6 Å². The van der Waals surface area contributed by atoms with Crippen LogP contribution in [0.1, 0.15) is 72.1 Å². The lowest BCUT2D eigenvalue weighted by atomic mass is 9.83. The van der Waals surface area contributed by atoms with E-state index >= 15 is 0 Å². The molecule has 1 aliphatic heterocycles. The Morgan fingerprint density at radius 2 is 1.85 bits per heavy atom. The Kier molecular flexibility index (Phi) is 6.83. The molecule has 0 spiro atoms. The second-order valence-electron chi connectivity index (χ2n) is 7.43. The summed E-state index contributed by atoms with van der Waals surface area (Å²) >= 11 is 0.